The van der Waals surface area contributed by atoms with Crippen LogP contribution in [0.5, 0.6) is 11.6 Å². The number of benzene rings is 2. The van der Waals surface area contributed by atoms with Gasteiger partial charge in [-0.3, -0.25) is 4.79 Å². The molecule has 0 saturated heterocycles. The first-order valence-electron chi connectivity index (χ1n) is 8.09. The third-order valence-corrected chi connectivity index (χ3v) is 4.02. The van der Waals surface area contributed by atoms with Crippen LogP contribution < -0.4 is 10.5 Å². The van der Waals surface area contributed by atoms with Crippen LogP contribution in [0.25, 0.3) is 22.4 Å². The molecule has 0 unspecified atom stereocenters. The predicted molar refractivity (Wildman–Crippen MR) is 99.1 cm³/mol. The second-order valence-corrected chi connectivity index (χ2v) is 5.98. The maximum Gasteiger partial charge on any atom is 0.248 e. The molecule has 0 aliphatic rings. The van der Waals surface area contributed by atoms with Gasteiger partial charge in [0.25, 0.3) is 0 Å². The predicted octanol–water partition coefficient (Wildman–Crippen LogP) is 3.82. The molecule has 0 aliphatic carbocycles. The lowest BCUT2D eigenvalue weighted by atomic mass is 10.2. The van der Waals surface area contributed by atoms with Gasteiger partial charge in [0.15, 0.2) is 0 Å². The maximum absolute atomic E-state index is 11.3. The number of amides is 1. The normalized spacial score (nSPS) is 10.8. The molecule has 0 bridgehead atoms. The summed E-state index contributed by atoms with van der Waals surface area (Å²) in [7, 11) is 0. The van der Waals surface area contributed by atoms with E-state index in [0.717, 1.165) is 22.3 Å². The van der Waals surface area contributed by atoms with E-state index in [1.165, 1.54) is 5.56 Å². The van der Waals surface area contributed by atoms with Gasteiger partial charge in [-0.05, 0) is 43.3 Å². The maximum atomic E-state index is 11.3. The molecule has 4 aromatic rings. The molecule has 4 rings (SSSR count). The van der Waals surface area contributed by atoms with Gasteiger partial charge in [-0.1, -0.05) is 17.7 Å². The summed E-state index contributed by atoms with van der Waals surface area (Å²) in [6.07, 6.45) is 1.69. The van der Waals surface area contributed by atoms with Crippen LogP contribution in [0.4, 0.5) is 0 Å². The zero-order chi connectivity index (χ0) is 18.1. The first-order chi connectivity index (χ1) is 12.6. The summed E-state index contributed by atoms with van der Waals surface area (Å²) < 4.78 is 5.73. The second kappa shape index (κ2) is 6.33. The highest BCUT2D eigenvalue weighted by Gasteiger charge is 2.09. The summed E-state index contributed by atoms with van der Waals surface area (Å²) in [6.45, 7) is 2.02. The zero-order valence-electron chi connectivity index (χ0n) is 14.1. The Kier molecular flexibility index (Phi) is 3.85. The van der Waals surface area contributed by atoms with E-state index in [1.807, 2.05) is 37.3 Å². The number of nitrogens with zero attached hydrogens (tertiary/aromatic N) is 2. The van der Waals surface area contributed by atoms with Crippen molar-refractivity contribution in [3.63, 3.8) is 0 Å². The number of carbonyl (C=O) groups excluding carboxylic acids is 1. The first-order valence-corrected chi connectivity index (χ1v) is 8.09. The monoisotopic (exact) mass is 344 g/mol. The zero-order valence-corrected chi connectivity index (χ0v) is 14.1. The van der Waals surface area contributed by atoms with Crippen molar-refractivity contribution in [1.82, 2.24) is 15.0 Å². The number of nitrogens with one attached hydrogen (secondary N) is 1. The van der Waals surface area contributed by atoms with Gasteiger partial charge < -0.3 is 15.5 Å². The molecule has 6 heteroatoms. The number of H-pyrrole nitrogens is 1. The first kappa shape index (κ1) is 15.8. The minimum atomic E-state index is -0.470. The molecule has 1 amide bonds. The minimum absolute atomic E-state index is 0.438. The fourth-order valence-electron chi connectivity index (χ4n) is 2.61. The van der Waals surface area contributed by atoms with Crippen molar-refractivity contribution in [3.8, 4) is 23.0 Å². The molecule has 3 N–H and O–H groups in total. The Balaban J connectivity index is 1.59. The van der Waals surface area contributed by atoms with E-state index in [0.29, 0.717) is 17.3 Å². The smallest absolute Gasteiger partial charge is 0.248 e. The number of primary amides is 1. The molecule has 0 radical (unpaired) electrons. The number of aryl methyl sites for hydroxylation is 1. The van der Waals surface area contributed by atoms with Gasteiger partial charge in [-0.15, -0.1) is 0 Å². The summed E-state index contributed by atoms with van der Waals surface area (Å²) >= 11 is 0. The van der Waals surface area contributed by atoms with Crippen LogP contribution in [-0.2, 0) is 0 Å². The van der Waals surface area contributed by atoms with E-state index in [-0.39, 0.29) is 0 Å². The number of ether oxygens (including phenoxy) is 1. The van der Waals surface area contributed by atoms with Crippen LogP contribution in [0.1, 0.15) is 15.9 Å². The van der Waals surface area contributed by atoms with Crippen molar-refractivity contribution in [2.45, 2.75) is 6.92 Å². The number of hydrogen-bond donors (Lipinski definition) is 2. The average molecular weight is 344 g/mol. The molecule has 2 aromatic carbocycles. The summed E-state index contributed by atoms with van der Waals surface area (Å²) in [5, 5.41) is 0. The van der Waals surface area contributed by atoms with Crippen molar-refractivity contribution >= 4 is 16.9 Å². The average Bonchev–Trinajstić information content (AvgIpc) is 3.07. The van der Waals surface area contributed by atoms with Crippen LogP contribution in [-0.4, -0.2) is 20.9 Å². The number of aromatic amines is 1. The van der Waals surface area contributed by atoms with Gasteiger partial charge in [0.2, 0.25) is 11.8 Å². The number of pyridine rings is 1. The quantitative estimate of drug-likeness (QED) is 0.588. The van der Waals surface area contributed by atoms with Gasteiger partial charge in [-0.25, -0.2) is 9.97 Å². The van der Waals surface area contributed by atoms with Crippen LogP contribution >= 0.6 is 0 Å². The SMILES string of the molecule is Cc1ccc(Oc2ccc(-c3nc4ccc(C(N)=O)cc4[nH]3)cn2)cc1. The third kappa shape index (κ3) is 3.12. The molecule has 0 aliphatic heterocycles. The highest BCUT2D eigenvalue weighted by atomic mass is 16.5. The van der Waals surface area contributed by atoms with Crippen molar-refractivity contribution in [3.05, 3.63) is 71.9 Å². The molecule has 6 nitrogen and oxygen atoms in total. The Morgan fingerprint density at radius 3 is 2.58 bits per heavy atom. The van der Waals surface area contributed by atoms with Crippen LogP contribution in [0.2, 0.25) is 0 Å². The molecule has 26 heavy (non-hydrogen) atoms. The molecule has 0 spiro atoms. The molecular weight excluding hydrogens is 328 g/mol. The Morgan fingerprint density at radius 2 is 1.88 bits per heavy atom. The number of carbonyl (C=O) groups is 1. The summed E-state index contributed by atoms with van der Waals surface area (Å²) in [4.78, 5) is 23.3. The molecule has 0 saturated carbocycles. The van der Waals surface area contributed by atoms with Crippen LogP contribution in [0.15, 0.2) is 60.8 Å². The number of nitrogens with two attached hydrogens (primary N) is 1. The Bertz CT molecular complexity index is 1080. The van der Waals surface area contributed by atoms with E-state index in [4.69, 9.17) is 10.5 Å². The number of hydrogen-bond acceptors (Lipinski definition) is 4. The van der Waals surface area contributed by atoms with E-state index < -0.39 is 5.91 Å². The lowest BCUT2D eigenvalue weighted by molar-refractivity contribution is 0.100. The Hall–Kier alpha value is -3.67. The molecule has 0 fully saturated rings. The van der Waals surface area contributed by atoms with E-state index >= 15 is 0 Å². The number of fused-ring (bicyclic) bond motifs is 1. The molecule has 128 valence electrons. The second-order valence-electron chi connectivity index (χ2n) is 5.98. The van der Waals surface area contributed by atoms with Crippen LogP contribution in [0, 0.1) is 6.92 Å². The fraction of sp³-hybridized carbons (Fsp3) is 0.0500. The van der Waals surface area contributed by atoms with Gasteiger partial charge >= 0.3 is 0 Å². The van der Waals surface area contributed by atoms with Gasteiger partial charge in [0.1, 0.15) is 11.6 Å². The van der Waals surface area contributed by atoms with Gasteiger partial charge in [0, 0.05) is 23.4 Å². The standard InChI is InChI=1S/C20H16N4O2/c1-12-2-6-15(7-3-12)26-18-9-5-14(11-22-18)20-23-16-8-4-13(19(21)25)10-17(16)24-20/h2-11H,1H3,(H2,21,25)(H,23,24). The van der Waals surface area contributed by atoms with Crippen molar-refractivity contribution < 1.29 is 9.53 Å². The third-order valence-electron chi connectivity index (χ3n) is 4.02. The summed E-state index contributed by atoms with van der Waals surface area (Å²) in [6, 6.07) is 16.6. The van der Waals surface area contributed by atoms with E-state index in [1.54, 1.807) is 30.5 Å². The number of aromatic nitrogens is 3. The Morgan fingerprint density at radius 1 is 1.08 bits per heavy atom. The van der Waals surface area contributed by atoms with E-state index in [2.05, 4.69) is 15.0 Å². The molecule has 0 atom stereocenters. The highest BCUT2D eigenvalue weighted by molar-refractivity contribution is 5.96. The largest absolute Gasteiger partial charge is 0.439 e. The summed E-state index contributed by atoms with van der Waals surface area (Å²) in [5.41, 5.74) is 9.24. The highest BCUT2D eigenvalue weighted by Crippen LogP contribution is 2.24. The number of imidazole rings is 1. The lowest BCUT2D eigenvalue weighted by Gasteiger charge is -2.05. The minimum Gasteiger partial charge on any atom is -0.439 e. The molecular formula is C20H16N4O2. The van der Waals surface area contributed by atoms with Gasteiger partial charge in [-0.2, -0.15) is 0 Å². The summed E-state index contributed by atoms with van der Waals surface area (Å²) in [5.74, 6) is 1.43. The van der Waals surface area contributed by atoms with Crippen LogP contribution in [0.3, 0.4) is 0 Å². The fourth-order valence-corrected chi connectivity index (χ4v) is 2.61. The van der Waals surface area contributed by atoms with E-state index in [9.17, 15) is 4.79 Å². The van der Waals surface area contributed by atoms with Gasteiger partial charge in [0.05, 0.1) is 11.0 Å². The van der Waals surface area contributed by atoms with Crippen molar-refractivity contribution in [1.29, 1.82) is 0 Å². The van der Waals surface area contributed by atoms with Crippen molar-refractivity contribution in [2.75, 3.05) is 0 Å². The number of rotatable bonds is 4. The molecule has 2 aromatic heterocycles. The lowest BCUT2D eigenvalue weighted by Crippen LogP contribution is -2.10. The Labute approximate surface area is 149 Å². The van der Waals surface area contributed by atoms with Crippen molar-refractivity contribution in [2.24, 2.45) is 5.73 Å². The molecule has 2 heterocycles. The topological polar surface area (TPSA) is 93.9 Å².